The van der Waals surface area contributed by atoms with Crippen LogP contribution in [-0.2, 0) is 11.6 Å². The standard InChI is InChI=1S/C12H13F3O/c1-8-6-9(12(13,14)15)2-3-10(8)11(7-16)4-5-11/h2-3,6,16H,4-5,7H2,1H3. The van der Waals surface area contributed by atoms with E-state index in [4.69, 9.17) is 0 Å². The molecule has 1 aromatic carbocycles. The van der Waals surface area contributed by atoms with Gasteiger partial charge >= 0.3 is 6.18 Å². The number of hydrogen-bond acceptors (Lipinski definition) is 1. The fraction of sp³-hybridized carbons (Fsp3) is 0.500. The van der Waals surface area contributed by atoms with E-state index in [1.165, 1.54) is 6.07 Å². The van der Waals surface area contributed by atoms with Crippen molar-refractivity contribution in [1.29, 1.82) is 0 Å². The maximum Gasteiger partial charge on any atom is 0.416 e. The van der Waals surface area contributed by atoms with E-state index in [0.29, 0.717) is 5.56 Å². The summed E-state index contributed by atoms with van der Waals surface area (Å²) >= 11 is 0. The normalized spacial score (nSPS) is 18.6. The number of aliphatic hydroxyl groups is 1. The second-order valence-electron chi connectivity index (χ2n) is 4.47. The van der Waals surface area contributed by atoms with E-state index in [9.17, 15) is 18.3 Å². The number of benzene rings is 1. The van der Waals surface area contributed by atoms with Crippen LogP contribution in [-0.4, -0.2) is 11.7 Å². The molecule has 0 amide bonds. The van der Waals surface area contributed by atoms with Crippen LogP contribution in [0.3, 0.4) is 0 Å². The van der Waals surface area contributed by atoms with Gasteiger partial charge in [0.05, 0.1) is 12.2 Å². The van der Waals surface area contributed by atoms with Gasteiger partial charge in [0, 0.05) is 5.41 Å². The molecule has 2 rings (SSSR count). The zero-order chi connectivity index (χ0) is 12.0. The predicted octanol–water partition coefficient (Wildman–Crippen LogP) is 3.04. The van der Waals surface area contributed by atoms with Crippen LogP contribution in [0.2, 0.25) is 0 Å². The fourth-order valence-electron chi connectivity index (χ4n) is 2.10. The summed E-state index contributed by atoms with van der Waals surface area (Å²) in [6.07, 6.45) is -2.58. The molecule has 88 valence electrons. The minimum Gasteiger partial charge on any atom is -0.395 e. The smallest absolute Gasteiger partial charge is 0.395 e. The van der Waals surface area contributed by atoms with E-state index < -0.39 is 11.7 Å². The lowest BCUT2D eigenvalue weighted by atomic mass is 9.91. The number of aryl methyl sites for hydroxylation is 1. The van der Waals surface area contributed by atoms with Crippen molar-refractivity contribution < 1.29 is 18.3 Å². The molecule has 0 saturated heterocycles. The molecule has 0 aromatic heterocycles. The summed E-state index contributed by atoms with van der Waals surface area (Å²) in [4.78, 5) is 0. The van der Waals surface area contributed by atoms with Crippen molar-refractivity contribution in [3.05, 3.63) is 34.9 Å². The maximum absolute atomic E-state index is 12.4. The van der Waals surface area contributed by atoms with Crippen molar-refractivity contribution in [3.63, 3.8) is 0 Å². The van der Waals surface area contributed by atoms with Gasteiger partial charge < -0.3 is 5.11 Å². The summed E-state index contributed by atoms with van der Waals surface area (Å²) in [5.74, 6) is 0. The first-order valence-electron chi connectivity index (χ1n) is 5.18. The van der Waals surface area contributed by atoms with Gasteiger partial charge in [-0.3, -0.25) is 0 Å². The minimum absolute atomic E-state index is 0.0131. The van der Waals surface area contributed by atoms with Gasteiger partial charge in [-0.1, -0.05) is 6.07 Å². The molecule has 1 aromatic rings. The topological polar surface area (TPSA) is 20.2 Å². The first kappa shape index (κ1) is 11.5. The average Bonchev–Trinajstić information content (AvgIpc) is 2.97. The van der Waals surface area contributed by atoms with Crippen LogP contribution >= 0.6 is 0 Å². The predicted molar refractivity (Wildman–Crippen MR) is 54.2 cm³/mol. The Bertz CT molecular complexity index is 405. The Morgan fingerprint density at radius 2 is 1.94 bits per heavy atom. The van der Waals surface area contributed by atoms with Gasteiger partial charge in [-0.05, 0) is 43.0 Å². The Morgan fingerprint density at radius 1 is 1.31 bits per heavy atom. The van der Waals surface area contributed by atoms with E-state index >= 15 is 0 Å². The molecule has 0 bridgehead atoms. The third-order valence-corrected chi connectivity index (χ3v) is 3.28. The van der Waals surface area contributed by atoms with Crippen molar-refractivity contribution in [1.82, 2.24) is 0 Å². The zero-order valence-corrected chi connectivity index (χ0v) is 8.93. The van der Waals surface area contributed by atoms with Crippen LogP contribution < -0.4 is 0 Å². The lowest BCUT2D eigenvalue weighted by molar-refractivity contribution is -0.137. The summed E-state index contributed by atoms with van der Waals surface area (Å²) in [7, 11) is 0. The highest BCUT2D eigenvalue weighted by molar-refractivity contribution is 5.41. The Labute approximate surface area is 91.9 Å². The van der Waals surface area contributed by atoms with Gasteiger partial charge in [-0.25, -0.2) is 0 Å². The zero-order valence-electron chi connectivity index (χ0n) is 8.93. The molecule has 1 N–H and O–H groups in total. The third-order valence-electron chi connectivity index (χ3n) is 3.28. The van der Waals surface area contributed by atoms with Gasteiger partial charge in [-0.2, -0.15) is 13.2 Å². The number of hydrogen-bond donors (Lipinski definition) is 1. The van der Waals surface area contributed by atoms with Crippen LogP contribution in [0.4, 0.5) is 13.2 Å². The number of halogens is 3. The Morgan fingerprint density at radius 3 is 2.31 bits per heavy atom. The molecule has 0 aliphatic heterocycles. The maximum atomic E-state index is 12.4. The fourth-order valence-corrected chi connectivity index (χ4v) is 2.10. The molecule has 0 radical (unpaired) electrons. The number of rotatable bonds is 2. The summed E-state index contributed by atoms with van der Waals surface area (Å²) in [6.45, 7) is 1.68. The molecule has 0 atom stereocenters. The van der Waals surface area contributed by atoms with Crippen molar-refractivity contribution >= 4 is 0 Å². The van der Waals surface area contributed by atoms with Gasteiger partial charge in [-0.15, -0.1) is 0 Å². The summed E-state index contributed by atoms with van der Waals surface area (Å²) in [5.41, 5.74) is 0.570. The van der Waals surface area contributed by atoms with Gasteiger partial charge in [0.25, 0.3) is 0 Å². The first-order chi connectivity index (χ1) is 7.39. The quantitative estimate of drug-likeness (QED) is 0.827. The summed E-state index contributed by atoms with van der Waals surface area (Å²) in [5, 5.41) is 9.24. The molecule has 4 heteroatoms. The highest BCUT2D eigenvalue weighted by Crippen LogP contribution is 2.49. The first-order valence-corrected chi connectivity index (χ1v) is 5.18. The summed E-state index contributed by atoms with van der Waals surface area (Å²) in [6, 6.07) is 3.75. The largest absolute Gasteiger partial charge is 0.416 e. The van der Waals surface area contributed by atoms with E-state index in [-0.39, 0.29) is 12.0 Å². The summed E-state index contributed by atoms with van der Waals surface area (Å²) < 4.78 is 37.3. The SMILES string of the molecule is Cc1cc(C(F)(F)F)ccc1C1(CO)CC1. The number of aliphatic hydroxyl groups excluding tert-OH is 1. The Hall–Kier alpha value is -1.03. The van der Waals surface area contributed by atoms with Crippen LogP contribution in [0.1, 0.15) is 29.5 Å². The Balaban J connectivity index is 2.38. The molecular formula is C12H13F3O. The van der Waals surface area contributed by atoms with Crippen LogP contribution in [0.5, 0.6) is 0 Å². The average molecular weight is 230 g/mol. The van der Waals surface area contributed by atoms with Crippen LogP contribution in [0.15, 0.2) is 18.2 Å². The van der Waals surface area contributed by atoms with E-state index in [1.54, 1.807) is 6.92 Å². The van der Waals surface area contributed by atoms with E-state index in [2.05, 4.69) is 0 Å². The molecule has 1 aliphatic carbocycles. The lowest BCUT2D eigenvalue weighted by Crippen LogP contribution is -2.15. The van der Waals surface area contributed by atoms with Crippen molar-refractivity contribution in [2.45, 2.75) is 31.4 Å². The van der Waals surface area contributed by atoms with Crippen LogP contribution in [0, 0.1) is 6.92 Å². The monoisotopic (exact) mass is 230 g/mol. The van der Waals surface area contributed by atoms with E-state index in [1.807, 2.05) is 0 Å². The third kappa shape index (κ3) is 1.82. The molecule has 0 heterocycles. The number of alkyl halides is 3. The molecule has 1 fully saturated rings. The lowest BCUT2D eigenvalue weighted by Gasteiger charge is -2.17. The molecule has 1 saturated carbocycles. The van der Waals surface area contributed by atoms with Gasteiger partial charge in [0.15, 0.2) is 0 Å². The highest BCUT2D eigenvalue weighted by Gasteiger charge is 2.45. The van der Waals surface area contributed by atoms with E-state index in [0.717, 1.165) is 30.5 Å². The van der Waals surface area contributed by atoms with Crippen LogP contribution in [0.25, 0.3) is 0 Å². The van der Waals surface area contributed by atoms with Gasteiger partial charge in [0.1, 0.15) is 0 Å². The molecule has 1 nitrogen and oxygen atoms in total. The minimum atomic E-state index is -4.29. The van der Waals surface area contributed by atoms with Crippen molar-refractivity contribution in [2.75, 3.05) is 6.61 Å². The van der Waals surface area contributed by atoms with Gasteiger partial charge in [0.2, 0.25) is 0 Å². The molecule has 0 spiro atoms. The molecule has 1 aliphatic rings. The second kappa shape index (κ2) is 3.48. The molecule has 0 unspecified atom stereocenters. The highest BCUT2D eigenvalue weighted by atomic mass is 19.4. The second-order valence-corrected chi connectivity index (χ2v) is 4.47. The Kier molecular flexibility index (Phi) is 2.49. The molecule has 16 heavy (non-hydrogen) atoms. The van der Waals surface area contributed by atoms with Crippen molar-refractivity contribution in [3.8, 4) is 0 Å². The molecular weight excluding hydrogens is 217 g/mol. The van der Waals surface area contributed by atoms with Crippen molar-refractivity contribution in [2.24, 2.45) is 0 Å².